The summed E-state index contributed by atoms with van der Waals surface area (Å²) in [5.74, 6) is 0. The zero-order chi connectivity index (χ0) is 16.1. The topological polar surface area (TPSA) is 0 Å². The van der Waals surface area contributed by atoms with Gasteiger partial charge in [0.15, 0.2) is 0 Å². The van der Waals surface area contributed by atoms with Crippen LogP contribution in [0.4, 0.5) is 0 Å². The van der Waals surface area contributed by atoms with E-state index < -0.39 is 0 Å². The smallest absolute Gasteiger partial charge is 0 e. The molecule has 0 aliphatic rings. The Morgan fingerprint density at radius 3 is 2.04 bits per heavy atom. The van der Waals surface area contributed by atoms with E-state index in [1.54, 1.807) is 0 Å². The van der Waals surface area contributed by atoms with E-state index in [2.05, 4.69) is 84.0 Å². The molecule has 3 aromatic carbocycles. The molecule has 0 unspecified atom stereocenters. The van der Waals surface area contributed by atoms with Gasteiger partial charge in [-0.05, 0) is 24.8 Å². The molecule has 0 fully saturated rings. The summed E-state index contributed by atoms with van der Waals surface area (Å²) in [5.41, 5.74) is 8.41. The summed E-state index contributed by atoms with van der Waals surface area (Å²) in [7, 11) is 0. The van der Waals surface area contributed by atoms with Crippen LogP contribution in [0.5, 0.6) is 0 Å². The second kappa shape index (κ2) is 6.44. The summed E-state index contributed by atoms with van der Waals surface area (Å²) >= 11 is 0. The van der Waals surface area contributed by atoms with Crippen LogP contribution < -0.4 is 0 Å². The van der Waals surface area contributed by atoms with Crippen LogP contribution in [0.25, 0.3) is 21.9 Å². The van der Waals surface area contributed by atoms with Crippen LogP contribution in [0.2, 0.25) is 0 Å². The molecule has 0 saturated heterocycles. The van der Waals surface area contributed by atoms with E-state index in [1.165, 1.54) is 44.2 Å². The summed E-state index contributed by atoms with van der Waals surface area (Å²) in [6.07, 6.45) is 0. The van der Waals surface area contributed by atoms with Gasteiger partial charge in [-0.15, -0.1) is 34.5 Å². The van der Waals surface area contributed by atoms with Crippen molar-refractivity contribution in [3.05, 3.63) is 64.7 Å². The number of hydrogen-bond donors (Lipinski definition) is 0. The predicted octanol–water partition coefficient (Wildman–Crippen LogP) is 6.45. The largest absolute Gasteiger partial charge is 0.152 e. The average Bonchev–Trinajstić information content (AvgIpc) is 2.75. The zero-order valence-corrected chi connectivity index (χ0v) is 17.5. The molecule has 0 atom stereocenters. The molecule has 118 valence electrons. The van der Waals surface area contributed by atoms with E-state index in [1.807, 2.05) is 0 Å². The Hall–Kier alpha value is -1.07. The number of benzene rings is 2. The summed E-state index contributed by atoms with van der Waals surface area (Å²) in [5, 5.41) is 2.77. The monoisotopic (exact) mass is 379 g/mol. The van der Waals surface area contributed by atoms with Crippen molar-refractivity contribution in [1.82, 2.24) is 0 Å². The van der Waals surface area contributed by atoms with Gasteiger partial charge in [0.25, 0.3) is 0 Å². The average molecular weight is 381 g/mol. The number of rotatable bonds is 1. The van der Waals surface area contributed by atoms with Gasteiger partial charge < -0.3 is 0 Å². The molecule has 0 nitrogen and oxygen atoms in total. The molecule has 0 heterocycles. The summed E-state index contributed by atoms with van der Waals surface area (Å²) in [6, 6.07) is 15.9. The van der Waals surface area contributed by atoms with Crippen molar-refractivity contribution in [2.45, 2.75) is 47.0 Å². The minimum atomic E-state index is 0. The van der Waals surface area contributed by atoms with Gasteiger partial charge in [0.05, 0.1) is 0 Å². The molecule has 3 rings (SSSR count). The molecule has 0 aromatic heterocycles. The van der Waals surface area contributed by atoms with Crippen LogP contribution in [-0.2, 0) is 31.6 Å². The fraction of sp³-hybridized carbons (Fsp3) is 0.318. The van der Waals surface area contributed by atoms with Gasteiger partial charge in [0.1, 0.15) is 0 Å². The Bertz CT molecular complexity index is 824. The van der Waals surface area contributed by atoms with Crippen molar-refractivity contribution in [2.24, 2.45) is 0 Å². The third-order valence-corrected chi connectivity index (χ3v) is 4.52. The normalized spacial score (nSPS) is 11.6. The Balaban J connectivity index is 0.00000192. The number of fused-ring (bicyclic) bond motifs is 1. The molecule has 3 aromatic rings. The minimum Gasteiger partial charge on any atom is -0.152 e. The van der Waals surface area contributed by atoms with E-state index in [9.17, 15) is 0 Å². The van der Waals surface area contributed by atoms with Gasteiger partial charge in [-0.25, -0.2) is 0 Å². The minimum absolute atomic E-state index is 0. The van der Waals surface area contributed by atoms with Crippen molar-refractivity contribution in [2.75, 3.05) is 0 Å². The first-order valence-electron chi connectivity index (χ1n) is 8.05. The molecule has 1 heteroatoms. The molecule has 0 aliphatic heterocycles. The predicted molar refractivity (Wildman–Crippen MR) is 97.9 cm³/mol. The summed E-state index contributed by atoms with van der Waals surface area (Å²) < 4.78 is 0. The molecule has 0 radical (unpaired) electrons. The van der Waals surface area contributed by atoms with Crippen molar-refractivity contribution in [3.63, 3.8) is 0 Å². The Morgan fingerprint density at radius 2 is 1.48 bits per heavy atom. The van der Waals surface area contributed by atoms with Gasteiger partial charge in [0, 0.05) is 26.2 Å². The molecule has 0 saturated carbocycles. The van der Waals surface area contributed by atoms with Crippen molar-refractivity contribution >= 4 is 10.8 Å². The van der Waals surface area contributed by atoms with E-state index >= 15 is 0 Å². The van der Waals surface area contributed by atoms with Gasteiger partial charge in [-0.3, -0.25) is 0 Å². The van der Waals surface area contributed by atoms with Crippen LogP contribution in [0.3, 0.4) is 0 Å². The Labute approximate surface area is 159 Å². The van der Waals surface area contributed by atoms with E-state index in [0.29, 0.717) is 0 Å². The first-order valence-corrected chi connectivity index (χ1v) is 8.05. The number of hydrogen-bond acceptors (Lipinski definition) is 0. The maximum Gasteiger partial charge on any atom is 0 e. The molecule has 0 spiro atoms. The van der Waals surface area contributed by atoms with E-state index in [0.717, 1.165) is 0 Å². The van der Waals surface area contributed by atoms with Crippen LogP contribution in [-0.4, -0.2) is 0 Å². The van der Waals surface area contributed by atoms with Crippen LogP contribution in [0.1, 0.15) is 43.0 Å². The molecule has 23 heavy (non-hydrogen) atoms. The standard InChI is InChI=1S/C22H25.Zr/c1-14-10-15(2)12-18(11-14)19-9-7-8-17-13-20(22(4,5)6)16(3)21(17)19;/h7-13H,1-6H3;/q-1;. The van der Waals surface area contributed by atoms with E-state index in [4.69, 9.17) is 0 Å². The first-order chi connectivity index (χ1) is 10.3. The van der Waals surface area contributed by atoms with Gasteiger partial charge in [-0.2, -0.15) is 5.56 Å². The summed E-state index contributed by atoms with van der Waals surface area (Å²) in [6.45, 7) is 13.5. The van der Waals surface area contributed by atoms with Gasteiger partial charge in [0.2, 0.25) is 0 Å². The third kappa shape index (κ3) is 3.41. The zero-order valence-electron chi connectivity index (χ0n) is 15.0. The van der Waals surface area contributed by atoms with Crippen molar-refractivity contribution in [1.29, 1.82) is 0 Å². The van der Waals surface area contributed by atoms with Gasteiger partial charge in [-0.1, -0.05) is 68.7 Å². The van der Waals surface area contributed by atoms with E-state index in [-0.39, 0.29) is 31.6 Å². The molecule has 0 aliphatic carbocycles. The van der Waals surface area contributed by atoms with Crippen LogP contribution >= 0.6 is 0 Å². The maximum absolute atomic E-state index is 2.37. The second-order valence-electron chi connectivity index (χ2n) is 7.58. The molecular weight excluding hydrogens is 355 g/mol. The Morgan fingerprint density at radius 1 is 0.870 bits per heavy atom. The second-order valence-corrected chi connectivity index (χ2v) is 7.58. The molecule has 0 bridgehead atoms. The van der Waals surface area contributed by atoms with Crippen molar-refractivity contribution < 1.29 is 26.2 Å². The quantitative estimate of drug-likeness (QED) is 0.426. The first kappa shape index (κ1) is 18.3. The SMILES string of the molecule is Cc1cc(C)cc(-c2cccc3[cH-]c(C(C)(C)C)c(C)c23)c1.[Zr]. The van der Waals surface area contributed by atoms with Gasteiger partial charge >= 0.3 is 0 Å². The Kier molecular flexibility index (Phi) is 5.12. The number of aryl methyl sites for hydroxylation is 3. The fourth-order valence-electron chi connectivity index (χ4n) is 3.66. The molecule has 0 amide bonds. The third-order valence-electron chi connectivity index (χ3n) is 4.52. The van der Waals surface area contributed by atoms with Crippen molar-refractivity contribution in [3.8, 4) is 11.1 Å². The summed E-state index contributed by atoms with van der Waals surface area (Å²) in [4.78, 5) is 0. The van der Waals surface area contributed by atoms with Crippen LogP contribution in [0.15, 0.2) is 42.5 Å². The maximum atomic E-state index is 2.37. The molecular formula is C22H25Zr-. The fourth-order valence-corrected chi connectivity index (χ4v) is 3.66. The molecule has 0 N–H and O–H groups in total. The van der Waals surface area contributed by atoms with Crippen LogP contribution in [0, 0.1) is 20.8 Å².